The molecule has 1 aromatic rings. The minimum Gasteiger partial charge on any atom is -0.508 e. The number of urea groups is 1. The number of aromatic hydroxyl groups is 1. The number of carbonyl (C=O) groups excluding carboxylic acids is 2. The van der Waals surface area contributed by atoms with Gasteiger partial charge in [-0.05, 0) is 32.0 Å². The SMILES string of the molecule is CC(=O)C1=C(C)NC(=O)N[C@@H]1c1cc(Br)ccc1O. The van der Waals surface area contributed by atoms with Crippen LogP contribution in [0.15, 0.2) is 33.9 Å². The van der Waals surface area contributed by atoms with Gasteiger partial charge in [-0.1, -0.05) is 15.9 Å². The first-order chi connectivity index (χ1) is 8.90. The third kappa shape index (κ3) is 2.63. The van der Waals surface area contributed by atoms with Crippen molar-refractivity contribution >= 4 is 27.7 Å². The summed E-state index contributed by atoms with van der Waals surface area (Å²) in [5.41, 5.74) is 1.42. The maximum atomic E-state index is 11.8. The molecule has 0 fully saturated rings. The lowest BCUT2D eigenvalue weighted by Crippen LogP contribution is -2.44. The van der Waals surface area contributed by atoms with Crippen LogP contribution in [0.2, 0.25) is 0 Å². The van der Waals surface area contributed by atoms with Gasteiger partial charge in [-0.3, -0.25) is 4.79 Å². The molecule has 0 saturated heterocycles. The van der Waals surface area contributed by atoms with Crippen LogP contribution in [0, 0.1) is 0 Å². The molecular formula is C13H13BrN2O3. The fourth-order valence-electron chi connectivity index (χ4n) is 2.15. The molecule has 0 saturated carbocycles. The van der Waals surface area contributed by atoms with Crippen LogP contribution in [-0.4, -0.2) is 16.9 Å². The Hall–Kier alpha value is -1.82. The number of phenolic OH excluding ortho intramolecular Hbond substituents is 1. The molecule has 1 aliphatic heterocycles. The van der Waals surface area contributed by atoms with Gasteiger partial charge in [-0.2, -0.15) is 0 Å². The lowest BCUT2D eigenvalue weighted by molar-refractivity contribution is -0.114. The topological polar surface area (TPSA) is 78.4 Å². The summed E-state index contributed by atoms with van der Waals surface area (Å²) in [6.45, 7) is 3.09. The van der Waals surface area contributed by atoms with Crippen molar-refractivity contribution in [1.29, 1.82) is 0 Å². The molecule has 0 spiro atoms. The second-order valence-corrected chi connectivity index (χ2v) is 5.25. The largest absolute Gasteiger partial charge is 0.508 e. The van der Waals surface area contributed by atoms with Crippen LogP contribution in [0.5, 0.6) is 5.75 Å². The predicted octanol–water partition coefficient (Wildman–Crippen LogP) is 2.37. The maximum Gasteiger partial charge on any atom is 0.319 e. The molecule has 1 aliphatic rings. The van der Waals surface area contributed by atoms with Crippen molar-refractivity contribution in [3.8, 4) is 5.75 Å². The monoisotopic (exact) mass is 324 g/mol. The van der Waals surface area contributed by atoms with Crippen LogP contribution in [0.1, 0.15) is 25.5 Å². The summed E-state index contributed by atoms with van der Waals surface area (Å²) >= 11 is 3.31. The standard InChI is InChI=1S/C13H13BrN2O3/c1-6-11(7(2)17)12(16-13(19)15-6)9-5-8(14)3-4-10(9)18/h3-5,12,18H,1-2H3,(H2,15,16,19)/t12-/m1/s1. The van der Waals surface area contributed by atoms with Gasteiger partial charge >= 0.3 is 6.03 Å². The van der Waals surface area contributed by atoms with Gasteiger partial charge in [0, 0.05) is 21.3 Å². The average Bonchev–Trinajstić information content (AvgIpc) is 2.30. The second kappa shape index (κ2) is 5.05. The molecular weight excluding hydrogens is 312 g/mol. The van der Waals surface area contributed by atoms with Crippen LogP contribution in [-0.2, 0) is 4.79 Å². The number of phenols is 1. The van der Waals surface area contributed by atoms with Crippen molar-refractivity contribution in [3.63, 3.8) is 0 Å². The molecule has 2 rings (SSSR count). The molecule has 0 aromatic heterocycles. The number of carbonyl (C=O) groups is 2. The number of benzene rings is 1. The molecule has 0 aliphatic carbocycles. The van der Waals surface area contributed by atoms with Crippen LogP contribution in [0.4, 0.5) is 4.79 Å². The third-order valence-corrected chi connectivity index (χ3v) is 3.44. The molecule has 1 aromatic carbocycles. The van der Waals surface area contributed by atoms with Crippen molar-refractivity contribution in [1.82, 2.24) is 10.6 Å². The van der Waals surface area contributed by atoms with Crippen molar-refractivity contribution < 1.29 is 14.7 Å². The van der Waals surface area contributed by atoms with Crippen molar-refractivity contribution in [3.05, 3.63) is 39.5 Å². The fourth-order valence-corrected chi connectivity index (χ4v) is 2.53. The van der Waals surface area contributed by atoms with E-state index in [9.17, 15) is 14.7 Å². The first-order valence-electron chi connectivity index (χ1n) is 5.67. The quantitative estimate of drug-likeness (QED) is 0.781. The summed E-state index contributed by atoms with van der Waals surface area (Å²) in [4.78, 5) is 23.3. The highest BCUT2D eigenvalue weighted by Crippen LogP contribution is 2.34. The number of hydrogen-bond donors (Lipinski definition) is 3. The number of Topliss-reactive ketones (excluding diaryl/α,β-unsaturated/α-hetero) is 1. The van der Waals surface area contributed by atoms with Crippen LogP contribution in [0.25, 0.3) is 0 Å². The minimum absolute atomic E-state index is 0.0296. The molecule has 0 radical (unpaired) electrons. The summed E-state index contributed by atoms with van der Waals surface area (Å²) in [5.74, 6) is -0.128. The Balaban J connectivity index is 2.58. The van der Waals surface area contributed by atoms with E-state index < -0.39 is 12.1 Å². The number of rotatable bonds is 2. The van der Waals surface area contributed by atoms with Crippen molar-refractivity contribution in [2.45, 2.75) is 19.9 Å². The van der Waals surface area contributed by atoms with Crippen LogP contribution < -0.4 is 10.6 Å². The van der Waals surface area contributed by atoms with Crippen LogP contribution >= 0.6 is 15.9 Å². The van der Waals surface area contributed by atoms with Gasteiger partial charge in [0.1, 0.15) is 5.75 Å². The Morgan fingerprint density at radius 2 is 2.11 bits per heavy atom. The number of nitrogens with one attached hydrogen (secondary N) is 2. The Labute approximate surface area is 118 Å². The number of ketones is 1. The Bertz CT molecular complexity index is 596. The first kappa shape index (κ1) is 13.6. The molecule has 1 atom stereocenters. The van der Waals surface area contributed by atoms with Crippen molar-refractivity contribution in [2.24, 2.45) is 0 Å². The molecule has 2 amide bonds. The second-order valence-electron chi connectivity index (χ2n) is 4.33. The number of hydrogen-bond acceptors (Lipinski definition) is 3. The van der Waals surface area contributed by atoms with E-state index in [1.807, 2.05) is 0 Å². The Kier molecular flexibility index (Phi) is 3.61. The molecule has 6 heteroatoms. The highest BCUT2D eigenvalue weighted by atomic mass is 79.9. The molecule has 0 bridgehead atoms. The lowest BCUT2D eigenvalue weighted by Gasteiger charge is -2.28. The zero-order valence-corrected chi connectivity index (χ0v) is 12.0. The number of halogens is 1. The van der Waals surface area contributed by atoms with E-state index in [1.165, 1.54) is 13.0 Å². The van der Waals surface area contributed by atoms with E-state index in [-0.39, 0.29) is 11.5 Å². The number of allylic oxidation sites excluding steroid dienone is 1. The fraction of sp³-hybridized carbons (Fsp3) is 0.231. The summed E-state index contributed by atoms with van der Waals surface area (Å²) in [6.07, 6.45) is 0. The van der Waals surface area contributed by atoms with Gasteiger partial charge in [0.15, 0.2) is 5.78 Å². The minimum atomic E-state index is -0.649. The van der Waals surface area contributed by atoms with Gasteiger partial charge < -0.3 is 15.7 Å². The highest BCUT2D eigenvalue weighted by molar-refractivity contribution is 9.10. The van der Waals surface area contributed by atoms with Gasteiger partial charge in [0.05, 0.1) is 6.04 Å². The Morgan fingerprint density at radius 1 is 1.42 bits per heavy atom. The molecule has 1 heterocycles. The average molecular weight is 325 g/mol. The number of amides is 2. The third-order valence-electron chi connectivity index (χ3n) is 2.95. The van der Waals surface area contributed by atoms with Crippen molar-refractivity contribution in [2.75, 3.05) is 0 Å². The van der Waals surface area contributed by atoms with Gasteiger partial charge in [-0.15, -0.1) is 0 Å². The summed E-state index contributed by atoms with van der Waals surface area (Å²) in [5, 5.41) is 15.1. The lowest BCUT2D eigenvalue weighted by atomic mass is 9.92. The molecule has 19 heavy (non-hydrogen) atoms. The molecule has 0 unspecified atom stereocenters. The molecule has 5 nitrogen and oxygen atoms in total. The first-order valence-corrected chi connectivity index (χ1v) is 6.47. The van der Waals surface area contributed by atoms with Gasteiger partial charge in [0.25, 0.3) is 0 Å². The van der Waals surface area contributed by atoms with E-state index >= 15 is 0 Å². The Morgan fingerprint density at radius 3 is 2.74 bits per heavy atom. The van der Waals surface area contributed by atoms with Gasteiger partial charge in [-0.25, -0.2) is 4.79 Å². The smallest absolute Gasteiger partial charge is 0.319 e. The maximum absolute atomic E-state index is 11.8. The normalized spacial score (nSPS) is 18.9. The van der Waals surface area contributed by atoms with Crippen LogP contribution in [0.3, 0.4) is 0 Å². The molecule has 100 valence electrons. The summed E-state index contributed by atoms with van der Waals surface area (Å²) < 4.78 is 0.758. The predicted molar refractivity (Wildman–Crippen MR) is 73.6 cm³/mol. The zero-order valence-electron chi connectivity index (χ0n) is 10.5. The summed E-state index contributed by atoms with van der Waals surface area (Å²) in [7, 11) is 0. The van der Waals surface area contributed by atoms with E-state index in [2.05, 4.69) is 26.6 Å². The van der Waals surface area contributed by atoms with E-state index in [1.54, 1.807) is 19.1 Å². The van der Waals surface area contributed by atoms with E-state index in [0.29, 0.717) is 16.8 Å². The summed E-state index contributed by atoms with van der Waals surface area (Å²) in [6, 6.07) is 3.84. The molecule has 3 N–H and O–H groups in total. The zero-order chi connectivity index (χ0) is 14.2. The van der Waals surface area contributed by atoms with Gasteiger partial charge in [0.2, 0.25) is 0 Å². The van der Waals surface area contributed by atoms with E-state index in [0.717, 1.165) is 4.47 Å². The highest BCUT2D eigenvalue weighted by Gasteiger charge is 2.30. The van der Waals surface area contributed by atoms with E-state index in [4.69, 9.17) is 0 Å².